The molecule has 0 aromatic heterocycles. The van der Waals surface area contributed by atoms with E-state index in [1.165, 1.54) is 31.4 Å². The van der Waals surface area contributed by atoms with E-state index in [1.54, 1.807) is 18.2 Å². The molecule has 8 heteroatoms. The van der Waals surface area contributed by atoms with Gasteiger partial charge in [0.05, 0.1) is 36.5 Å². The molecule has 26 heavy (non-hydrogen) atoms. The fourth-order valence-electron chi connectivity index (χ4n) is 2.60. The Kier molecular flexibility index (Phi) is 4.30. The van der Waals surface area contributed by atoms with Gasteiger partial charge in [-0.05, 0) is 29.8 Å². The number of ether oxygens (including phenoxy) is 2. The highest BCUT2D eigenvalue weighted by atomic mass is 19.3. The first-order chi connectivity index (χ1) is 12.4. The number of benzene rings is 2. The molecule has 132 valence electrons. The molecule has 1 aliphatic heterocycles. The van der Waals surface area contributed by atoms with Crippen LogP contribution in [0.4, 0.5) is 14.5 Å². The topological polar surface area (TPSA) is 79.6 Å². The fraction of sp³-hybridized carbons (Fsp3) is 0.167. The number of rotatable bonds is 3. The molecular weight excluding hydrogens is 346 g/mol. The number of alkyl halides is 2. The van der Waals surface area contributed by atoms with Crippen LogP contribution in [0.5, 0.6) is 5.75 Å². The maximum absolute atomic E-state index is 14.0. The van der Waals surface area contributed by atoms with Gasteiger partial charge in [0.15, 0.2) is 5.75 Å². The predicted molar refractivity (Wildman–Crippen MR) is 85.7 cm³/mol. The second-order valence-electron chi connectivity index (χ2n) is 5.45. The van der Waals surface area contributed by atoms with Gasteiger partial charge in [0.25, 0.3) is 0 Å². The lowest BCUT2D eigenvalue weighted by Crippen LogP contribution is -2.50. The maximum atomic E-state index is 14.0. The van der Waals surface area contributed by atoms with Crippen molar-refractivity contribution in [3.63, 3.8) is 0 Å². The zero-order valence-electron chi connectivity index (χ0n) is 13.5. The molecule has 0 aliphatic carbocycles. The van der Waals surface area contributed by atoms with Crippen LogP contribution in [-0.4, -0.2) is 25.1 Å². The van der Waals surface area contributed by atoms with E-state index in [-0.39, 0.29) is 29.1 Å². The van der Waals surface area contributed by atoms with Crippen molar-refractivity contribution < 1.29 is 27.8 Å². The third kappa shape index (κ3) is 2.95. The van der Waals surface area contributed by atoms with Crippen LogP contribution >= 0.6 is 0 Å². The van der Waals surface area contributed by atoms with Crippen molar-refractivity contribution in [1.29, 1.82) is 5.26 Å². The maximum Gasteiger partial charge on any atom is 0.482 e. The van der Waals surface area contributed by atoms with Crippen LogP contribution in [0.3, 0.4) is 0 Å². The van der Waals surface area contributed by atoms with Gasteiger partial charge in [0.1, 0.15) is 0 Å². The molecule has 6 nitrogen and oxygen atoms in total. The Morgan fingerprint density at radius 2 is 2.04 bits per heavy atom. The van der Waals surface area contributed by atoms with E-state index in [4.69, 9.17) is 0 Å². The van der Waals surface area contributed by atoms with E-state index in [9.17, 15) is 23.6 Å². The highest BCUT2D eigenvalue weighted by Gasteiger charge is 2.50. The number of fused-ring (bicyclic) bond motifs is 1. The minimum atomic E-state index is -4.05. The molecule has 0 radical (unpaired) electrons. The lowest BCUT2D eigenvalue weighted by Gasteiger charge is -2.33. The van der Waals surface area contributed by atoms with Gasteiger partial charge in [-0.3, -0.25) is 9.69 Å². The molecule has 0 bridgehead atoms. The van der Waals surface area contributed by atoms with E-state index in [0.29, 0.717) is 5.56 Å². The summed E-state index contributed by atoms with van der Waals surface area (Å²) in [5.74, 6) is -2.52. The molecule has 2 aromatic carbocycles. The Morgan fingerprint density at radius 1 is 1.31 bits per heavy atom. The molecule has 0 saturated heterocycles. The Hall–Kier alpha value is -3.47. The summed E-state index contributed by atoms with van der Waals surface area (Å²) >= 11 is 0. The fourth-order valence-corrected chi connectivity index (χ4v) is 2.60. The quantitative estimate of drug-likeness (QED) is 0.789. The average Bonchev–Trinajstić information content (AvgIpc) is 2.64. The van der Waals surface area contributed by atoms with Gasteiger partial charge < -0.3 is 9.47 Å². The first-order valence-corrected chi connectivity index (χ1v) is 7.46. The van der Waals surface area contributed by atoms with Gasteiger partial charge in [-0.15, -0.1) is 0 Å². The number of esters is 1. The Balaban J connectivity index is 2.10. The number of nitriles is 1. The third-order valence-electron chi connectivity index (χ3n) is 3.87. The molecule has 1 amide bonds. The lowest BCUT2D eigenvalue weighted by molar-refractivity contribution is -0.193. The number of carbonyl (C=O) groups is 2. The van der Waals surface area contributed by atoms with Crippen LogP contribution in [0.15, 0.2) is 42.5 Å². The van der Waals surface area contributed by atoms with Crippen molar-refractivity contribution in [3.05, 3.63) is 59.2 Å². The summed E-state index contributed by atoms with van der Waals surface area (Å²) in [4.78, 5) is 24.7. The third-order valence-corrected chi connectivity index (χ3v) is 3.87. The molecule has 1 heterocycles. The molecule has 0 fully saturated rings. The Bertz CT molecular complexity index is 937. The second-order valence-corrected chi connectivity index (χ2v) is 5.45. The summed E-state index contributed by atoms with van der Waals surface area (Å²) in [5, 5.41) is 9.17. The van der Waals surface area contributed by atoms with Crippen LogP contribution in [-0.2, 0) is 16.1 Å². The summed E-state index contributed by atoms with van der Waals surface area (Å²) in [5.41, 5.74) is 0.708. The number of carbonyl (C=O) groups excluding carboxylic acids is 2. The van der Waals surface area contributed by atoms with E-state index < -0.39 is 18.0 Å². The van der Waals surface area contributed by atoms with Gasteiger partial charge in [0, 0.05) is 0 Å². The number of nitrogens with zero attached hydrogens (tertiary/aromatic N) is 2. The molecule has 0 spiro atoms. The summed E-state index contributed by atoms with van der Waals surface area (Å²) in [6.07, 6.45) is -4.05. The highest BCUT2D eigenvalue weighted by Crippen LogP contribution is 2.40. The van der Waals surface area contributed by atoms with E-state index in [0.717, 1.165) is 4.90 Å². The molecule has 3 rings (SSSR count). The normalized spacial score (nSPS) is 14.8. The molecule has 0 saturated carbocycles. The van der Waals surface area contributed by atoms with Crippen LogP contribution in [0.1, 0.15) is 21.5 Å². The van der Waals surface area contributed by atoms with Crippen molar-refractivity contribution in [2.24, 2.45) is 0 Å². The van der Waals surface area contributed by atoms with Crippen molar-refractivity contribution in [2.45, 2.75) is 12.7 Å². The zero-order chi connectivity index (χ0) is 18.9. The standard InChI is InChI=1S/C18H12F2N2O4/c1-25-16(23)11-6-7-15-14(8-11)22(17(24)18(19,20)26-15)10-13-5-3-2-4-12(13)9-21/h2-8H,10H2,1H3. The SMILES string of the molecule is COC(=O)c1ccc2c(c1)N(Cc1ccccc1C#N)C(=O)C(F)(F)O2. The Morgan fingerprint density at radius 3 is 2.73 bits per heavy atom. The van der Waals surface area contributed by atoms with Crippen LogP contribution in [0, 0.1) is 11.3 Å². The number of halogens is 2. The number of hydrogen-bond acceptors (Lipinski definition) is 5. The van der Waals surface area contributed by atoms with Gasteiger partial charge in [-0.1, -0.05) is 18.2 Å². The van der Waals surface area contributed by atoms with E-state index in [2.05, 4.69) is 9.47 Å². The lowest BCUT2D eigenvalue weighted by atomic mass is 10.1. The van der Waals surface area contributed by atoms with Crippen LogP contribution in [0.25, 0.3) is 0 Å². The van der Waals surface area contributed by atoms with E-state index in [1.807, 2.05) is 6.07 Å². The monoisotopic (exact) mass is 358 g/mol. The summed E-state index contributed by atoms with van der Waals surface area (Å²) in [6.45, 7) is -0.279. The van der Waals surface area contributed by atoms with Crippen LogP contribution < -0.4 is 9.64 Å². The summed E-state index contributed by atoms with van der Waals surface area (Å²) in [7, 11) is 1.18. The summed E-state index contributed by atoms with van der Waals surface area (Å²) in [6, 6.07) is 12.0. The predicted octanol–water partition coefficient (Wildman–Crippen LogP) is 2.86. The number of anilines is 1. The first-order valence-electron chi connectivity index (χ1n) is 7.46. The van der Waals surface area contributed by atoms with Gasteiger partial charge in [0.2, 0.25) is 0 Å². The van der Waals surface area contributed by atoms with Gasteiger partial charge in [-0.2, -0.15) is 14.0 Å². The van der Waals surface area contributed by atoms with Crippen molar-refractivity contribution in [1.82, 2.24) is 0 Å². The highest BCUT2D eigenvalue weighted by molar-refractivity contribution is 6.02. The molecule has 1 aliphatic rings. The largest absolute Gasteiger partial charge is 0.482 e. The molecule has 2 aromatic rings. The van der Waals surface area contributed by atoms with Crippen LogP contribution in [0.2, 0.25) is 0 Å². The van der Waals surface area contributed by atoms with E-state index >= 15 is 0 Å². The minimum absolute atomic E-state index is 0.00318. The minimum Gasteiger partial charge on any atom is -0.465 e. The van der Waals surface area contributed by atoms with Gasteiger partial charge >= 0.3 is 18.0 Å². The average molecular weight is 358 g/mol. The number of hydrogen-bond donors (Lipinski definition) is 0. The first kappa shape index (κ1) is 17.4. The molecule has 0 N–H and O–H groups in total. The molecule has 0 unspecified atom stereocenters. The molecule has 0 atom stereocenters. The van der Waals surface area contributed by atoms with Gasteiger partial charge in [-0.25, -0.2) is 4.79 Å². The smallest absolute Gasteiger partial charge is 0.465 e. The zero-order valence-corrected chi connectivity index (χ0v) is 13.5. The van der Waals surface area contributed by atoms with Crippen molar-refractivity contribution >= 4 is 17.6 Å². The summed E-state index contributed by atoms with van der Waals surface area (Å²) < 4.78 is 37.0. The van der Waals surface area contributed by atoms with Crippen molar-refractivity contribution in [2.75, 3.05) is 12.0 Å². The number of amides is 1. The second kappa shape index (κ2) is 6.44. The number of methoxy groups -OCH3 is 1. The Labute approximate surface area is 147 Å². The molecular formula is C18H12F2N2O4. The van der Waals surface area contributed by atoms with Crippen molar-refractivity contribution in [3.8, 4) is 11.8 Å².